The summed E-state index contributed by atoms with van der Waals surface area (Å²) in [4.78, 5) is 0. The molecule has 0 saturated heterocycles. The van der Waals surface area contributed by atoms with Gasteiger partial charge < -0.3 is 0 Å². The Morgan fingerprint density at radius 2 is 1.84 bits per heavy atom. The second-order valence-electron chi connectivity index (χ2n) is 9.13. The Kier molecular flexibility index (Phi) is 3.15. The van der Waals surface area contributed by atoms with Gasteiger partial charge in [0.05, 0.1) is 0 Å². The van der Waals surface area contributed by atoms with Crippen LogP contribution in [0.5, 0.6) is 0 Å². The lowest BCUT2D eigenvalue weighted by Crippen LogP contribution is -2.34. The largest absolute Gasteiger partial charge is 0.0851 e. The molecule has 3 aliphatic carbocycles. The fourth-order valence-electron chi connectivity index (χ4n) is 6.00. The molecule has 2 bridgehead atoms. The number of hydrogen-bond donors (Lipinski definition) is 0. The van der Waals surface area contributed by atoms with Gasteiger partial charge in [-0.3, -0.25) is 0 Å². The molecule has 0 radical (unpaired) electrons. The molecule has 3 aliphatic rings. The van der Waals surface area contributed by atoms with Gasteiger partial charge in [0, 0.05) is 0 Å². The molecule has 0 heterocycles. The molecule has 0 aromatic heterocycles. The van der Waals surface area contributed by atoms with E-state index in [-0.39, 0.29) is 0 Å². The number of hydrogen-bond acceptors (Lipinski definition) is 0. The molecule has 0 aromatic carbocycles. The number of allylic oxidation sites excluding steroid dienone is 2. The highest BCUT2D eigenvalue weighted by molar-refractivity contribution is 5.16. The Labute approximate surface area is 120 Å². The molecule has 0 aromatic rings. The Balaban J connectivity index is 1.79. The molecule has 0 heteroatoms. The lowest BCUT2D eigenvalue weighted by Gasteiger charge is -2.42. The van der Waals surface area contributed by atoms with Gasteiger partial charge in [0.25, 0.3) is 0 Å². The van der Waals surface area contributed by atoms with Gasteiger partial charge in [-0.1, -0.05) is 46.8 Å². The van der Waals surface area contributed by atoms with Gasteiger partial charge in [-0.05, 0) is 72.5 Å². The normalized spacial score (nSPS) is 52.5. The Hall–Kier alpha value is -0.260. The second kappa shape index (κ2) is 4.37. The molecule has 0 nitrogen and oxygen atoms in total. The molecule has 2 fully saturated rings. The molecule has 19 heavy (non-hydrogen) atoms. The van der Waals surface area contributed by atoms with Crippen LogP contribution in [0.2, 0.25) is 0 Å². The molecular weight excluding hydrogens is 228 g/mol. The van der Waals surface area contributed by atoms with Crippen molar-refractivity contribution in [1.82, 2.24) is 0 Å². The van der Waals surface area contributed by atoms with Crippen LogP contribution in [0.4, 0.5) is 0 Å². The summed E-state index contributed by atoms with van der Waals surface area (Å²) in [6.07, 6.45) is 12.5. The molecular formula is C19H32. The van der Waals surface area contributed by atoms with Crippen molar-refractivity contribution in [3.63, 3.8) is 0 Å². The zero-order valence-corrected chi connectivity index (χ0v) is 13.6. The standard InChI is InChI=1S/C19H32/c1-13(2)8-15-10-18(4)11-16(15)17(12-18)19(5)7-6-14(3)9-19/h6-7,13-17H,8-12H2,1-5H3. The van der Waals surface area contributed by atoms with Crippen molar-refractivity contribution < 1.29 is 0 Å². The summed E-state index contributed by atoms with van der Waals surface area (Å²) in [5.41, 5.74) is 1.19. The van der Waals surface area contributed by atoms with Crippen LogP contribution in [0, 0.1) is 40.4 Å². The highest BCUT2D eigenvalue weighted by Gasteiger charge is 2.57. The summed E-state index contributed by atoms with van der Waals surface area (Å²) in [5.74, 6) is 4.69. The number of fused-ring (bicyclic) bond motifs is 2. The van der Waals surface area contributed by atoms with Gasteiger partial charge in [-0.2, -0.15) is 0 Å². The van der Waals surface area contributed by atoms with E-state index in [9.17, 15) is 0 Å². The van der Waals surface area contributed by atoms with E-state index >= 15 is 0 Å². The van der Waals surface area contributed by atoms with Gasteiger partial charge in [-0.15, -0.1) is 0 Å². The Morgan fingerprint density at radius 1 is 1.11 bits per heavy atom. The summed E-state index contributed by atoms with van der Waals surface area (Å²) in [6.45, 7) is 12.3. The monoisotopic (exact) mass is 260 g/mol. The molecule has 108 valence electrons. The minimum absolute atomic E-state index is 0.511. The molecule has 0 amide bonds. The summed E-state index contributed by atoms with van der Waals surface area (Å²) in [5, 5.41) is 0. The van der Waals surface area contributed by atoms with E-state index in [0.717, 1.165) is 29.6 Å². The first-order valence-electron chi connectivity index (χ1n) is 8.51. The average molecular weight is 260 g/mol. The van der Waals surface area contributed by atoms with Crippen LogP contribution in [0.25, 0.3) is 0 Å². The summed E-state index contributed by atoms with van der Waals surface area (Å²) >= 11 is 0. The topological polar surface area (TPSA) is 0 Å². The minimum Gasteiger partial charge on any atom is -0.0851 e. The molecule has 0 spiro atoms. The predicted octanol–water partition coefficient (Wildman–Crippen LogP) is 5.69. The lowest BCUT2D eigenvalue weighted by atomic mass is 9.63. The maximum atomic E-state index is 2.58. The molecule has 0 N–H and O–H groups in total. The van der Waals surface area contributed by atoms with Crippen LogP contribution < -0.4 is 0 Å². The van der Waals surface area contributed by atoms with Crippen molar-refractivity contribution in [2.75, 3.05) is 0 Å². The van der Waals surface area contributed by atoms with E-state index < -0.39 is 0 Å². The fourth-order valence-corrected chi connectivity index (χ4v) is 6.00. The van der Waals surface area contributed by atoms with Crippen molar-refractivity contribution in [3.8, 4) is 0 Å². The third kappa shape index (κ3) is 2.30. The van der Waals surface area contributed by atoms with Crippen molar-refractivity contribution in [3.05, 3.63) is 12.2 Å². The van der Waals surface area contributed by atoms with Crippen LogP contribution in [0.15, 0.2) is 12.2 Å². The zero-order valence-electron chi connectivity index (χ0n) is 13.6. The van der Waals surface area contributed by atoms with E-state index in [4.69, 9.17) is 0 Å². The number of rotatable bonds is 3. The zero-order chi connectivity index (χ0) is 13.8. The minimum atomic E-state index is 0.511. The quantitative estimate of drug-likeness (QED) is 0.572. The summed E-state index contributed by atoms with van der Waals surface area (Å²) in [7, 11) is 0. The van der Waals surface area contributed by atoms with E-state index in [1.165, 1.54) is 32.1 Å². The average Bonchev–Trinajstić information content (AvgIpc) is 2.88. The van der Waals surface area contributed by atoms with Gasteiger partial charge >= 0.3 is 0 Å². The van der Waals surface area contributed by atoms with Crippen LogP contribution in [-0.4, -0.2) is 0 Å². The van der Waals surface area contributed by atoms with Crippen LogP contribution in [0.1, 0.15) is 66.7 Å². The van der Waals surface area contributed by atoms with E-state index in [1.54, 1.807) is 0 Å². The van der Waals surface area contributed by atoms with Crippen molar-refractivity contribution >= 4 is 0 Å². The third-order valence-electron chi connectivity index (χ3n) is 6.51. The molecule has 0 aliphatic heterocycles. The van der Waals surface area contributed by atoms with Gasteiger partial charge in [0.2, 0.25) is 0 Å². The maximum absolute atomic E-state index is 2.58. The van der Waals surface area contributed by atoms with Crippen LogP contribution >= 0.6 is 0 Å². The molecule has 3 rings (SSSR count). The molecule has 6 unspecified atom stereocenters. The van der Waals surface area contributed by atoms with E-state index in [0.29, 0.717) is 10.8 Å². The SMILES string of the molecule is CC(C)CC1CC2(C)CC1C(C1(C)C=CC(C)C1)C2. The highest BCUT2D eigenvalue weighted by Crippen LogP contribution is 2.66. The van der Waals surface area contributed by atoms with Gasteiger partial charge in [-0.25, -0.2) is 0 Å². The van der Waals surface area contributed by atoms with Crippen molar-refractivity contribution in [2.45, 2.75) is 66.7 Å². The Bertz CT molecular complexity index is 379. The van der Waals surface area contributed by atoms with E-state index in [2.05, 4.69) is 46.8 Å². The van der Waals surface area contributed by atoms with Crippen LogP contribution in [-0.2, 0) is 0 Å². The molecule has 2 saturated carbocycles. The molecule has 6 atom stereocenters. The maximum Gasteiger partial charge on any atom is -0.0110 e. The Morgan fingerprint density at radius 3 is 2.37 bits per heavy atom. The van der Waals surface area contributed by atoms with Gasteiger partial charge in [0.15, 0.2) is 0 Å². The first-order valence-corrected chi connectivity index (χ1v) is 8.51. The summed E-state index contributed by atoms with van der Waals surface area (Å²) in [6, 6.07) is 0. The van der Waals surface area contributed by atoms with Crippen LogP contribution in [0.3, 0.4) is 0 Å². The first-order chi connectivity index (χ1) is 8.81. The fraction of sp³-hybridized carbons (Fsp3) is 0.895. The third-order valence-corrected chi connectivity index (χ3v) is 6.51. The van der Waals surface area contributed by atoms with Gasteiger partial charge in [0.1, 0.15) is 0 Å². The van der Waals surface area contributed by atoms with Crippen molar-refractivity contribution in [1.29, 1.82) is 0 Å². The predicted molar refractivity (Wildman–Crippen MR) is 82.9 cm³/mol. The smallest absolute Gasteiger partial charge is 0.0110 e. The van der Waals surface area contributed by atoms with Crippen molar-refractivity contribution in [2.24, 2.45) is 40.4 Å². The highest BCUT2D eigenvalue weighted by atomic mass is 14.6. The first kappa shape index (κ1) is 13.7. The lowest BCUT2D eigenvalue weighted by molar-refractivity contribution is 0.0907. The van der Waals surface area contributed by atoms with E-state index in [1.807, 2.05) is 0 Å². The summed E-state index contributed by atoms with van der Waals surface area (Å²) < 4.78 is 0. The second-order valence-corrected chi connectivity index (χ2v) is 9.13.